The van der Waals surface area contributed by atoms with Crippen LogP contribution >= 0.6 is 8.60 Å². The number of aromatic nitrogens is 2. The van der Waals surface area contributed by atoms with Crippen LogP contribution in [-0.2, 0) is 27.2 Å². The molecule has 1 amide bonds. The Kier molecular flexibility index (Phi) is 14.0. The number of aryl methyl sites for hydroxylation is 1. The zero-order chi connectivity index (χ0) is 30.5. The van der Waals surface area contributed by atoms with E-state index in [0.29, 0.717) is 24.0 Å². The summed E-state index contributed by atoms with van der Waals surface area (Å²) in [4.78, 5) is 31.1. The van der Waals surface area contributed by atoms with Crippen LogP contribution in [0.2, 0.25) is 0 Å². The molecule has 0 saturated carbocycles. The van der Waals surface area contributed by atoms with E-state index >= 15 is 4.39 Å². The lowest BCUT2D eigenvalue weighted by Crippen LogP contribution is -2.37. The minimum absolute atomic E-state index is 0.0557. The van der Waals surface area contributed by atoms with E-state index in [0.717, 1.165) is 17.8 Å². The van der Waals surface area contributed by atoms with Crippen LogP contribution in [0.3, 0.4) is 0 Å². The Hall–Kier alpha value is -3.24. The molecule has 2 aromatic rings. The summed E-state index contributed by atoms with van der Waals surface area (Å²) in [5.41, 5.74) is 1.83. The van der Waals surface area contributed by atoms with Gasteiger partial charge in [-0.1, -0.05) is 39.8 Å². The standard InChI is InChI=1S/C27H31F3N3O5P.C2H6/c1-4-20-15-32(16-33(20)17-38-39(35)36)25-11-10-18(12-23(25)30)13-26(37-6-3)27(34)31-24(5-2)19-8-7-9-21(28)22(29)14-19;1-2/h8-16,24,35-36H,4-7,17H2,1-3H3;1-2H3/p+1/b26-13-;. The second-order valence-corrected chi connectivity index (χ2v) is 9.31. The van der Waals surface area contributed by atoms with Crippen LogP contribution in [0.4, 0.5) is 13.2 Å². The largest absolute Gasteiger partial charge is 0.488 e. The lowest BCUT2D eigenvalue weighted by atomic mass is 10.0. The van der Waals surface area contributed by atoms with Gasteiger partial charge in [0.2, 0.25) is 0 Å². The van der Waals surface area contributed by atoms with Crippen LogP contribution in [0.1, 0.15) is 58.7 Å². The first-order valence-electron chi connectivity index (χ1n) is 13.5. The van der Waals surface area contributed by atoms with E-state index in [9.17, 15) is 13.6 Å². The van der Waals surface area contributed by atoms with Gasteiger partial charge in [0, 0.05) is 6.42 Å². The number of hydrogen-bond donors (Lipinski definition) is 3. The number of imidazole rings is 1. The predicted octanol–water partition coefficient (Wildman–Crippen LogP) is 5.99. The van der Waals surface area contributed by atoms with Crippen LogP contribution in [0.5, 0.6) is 0 Å². The average molecular weight is 597 g/mol. The molecular formula is C29H38F3N3O5P+. The molecule has 0 radical (unpaired) electrons. The van der Waals surface area contributed by atoms with Crippen LogP contribution in [0, 0.1) is 5.82 Å². The van der Waals surface area contributed by atoms with Crippen molar-refractivity contribution < 1.29 is 41.6 Å². The van der Waals surface area contributed by atoms with Gasteiger partial charge in [-0.3, -0.25) is 9.32 Å². The molecule has 0 fully saturated rings. The number of rotatable bonds is 12. The third-order valence-electron chi connectivity index (χ3n) is 5.95. The Labute approximate surface area is 240 Å². The van der Waals surface area contributed by atoms with Crippen molar-refractivity contribution in [3.8, 4) is 5.69 Å². The van der Waals surface area contributed by atoms with Crippen molar-refractivity contribution in [2.45, 2.75) is 66.7 Å². The molecule has 0 spiro atoms. The highest BCUT2D eigenvalue weighted by atomic mass is 31.2. The van der Waals surface area contributed by atoms with Gasteiger partial charge in [0.15, 0.2) is 35.6 Å². The van der Waals surface area contributed by atoms with Crippen molar-refractivity contribution in [3.63, 3.8) is 0 Å². The number of nitrogens with one attached hydrogen (secondary N) is 1. The molecule has 8 nitrogen and oxygen atoms in total. The summed E-state index contributed by atoms with van der Waals surface area (Å²) < 4.78 is 56.3. The van der Waals surface area contributed by atoms with Gasteiger partial charge in [0.1, 0.15) is 11.9 Å². The van der Waals surface area contributed by atoms with E-state index < -0.39 is 38.0 Å². The topological polar surface area (TPSA) is 96.8 Å². The summed E-state index contributed by atoms with van der Waals surface area (Å²) >= 11 is 0. The monoisotopic (exact) mass is 596 g/mol. The first-order chi connectivity index (χ1) is 19.7. The third kappa shape index (κ3) is 9.67. The van der Waals surface area contributed by atoms with Crippen molar-refractivity contribution in [3.05, 3.63) is 89.0 Å². The molecule has 3 N–H and O–H groups in total. The van der Waals surface area contributed by atoms with Crippen molar-refractivity contribution in [1.82, 2.24) is 9.88 Å². The Balaban J connectivity index is 0.00000287. The summed E-state index contributed by atoms with van der Waals surface area (Å²) in [6.45, 7) is 9.48. The number of nitrogens with zero attached hydrogens (tertiary/aromatic N) is 2. The molecule has 1 unspecified atom stereocenters. The minimum Gasteiger partial charge on any atom is -0.488 e. The number of hydrogen-bond acceptors (Lipinski definition) is 5. The second-order valence-electron chi connectivity index (χ2n) is 8.55. The maximum absolute atomic E-state index is 15.2. The predicted molar refractivity (Wildman–Crippen MR) is 152 cm³/mol. The lowest BCUT2D eigenvalue weighted by molar-refractivity contribution is -0.597. The van der Waals surface area contributed by atoms with Crippen molar-refractivity contribution >= 4 is 20.6 Å². The Morgan fingerprint density at radius 1 is 1.17 bits per heavy atom. The van der Waals surface area contributed by atoms with Gasteiger partial charge in [-0.05, 0) is 61.3 Å². The molecule has 1 aliphatic carbocycles. The fourth-order valence-corrected chi connectivity index (χ4v) is 4.24. The first kappa shape index (κ1) is 34.0. The zero-order valence-corrected chi connectivity index (χ0v) is 24.8. The molecule has 1 heterocycles. The highest BCUT2D eigenvalue weighted by Gasteiger charge is 2.21. The number of halogens is 3. The molecule has 0 aliphatic heterocycles. The molecule has 0 saturated heterocycles. The van der Waals surface area contributed by atoms with Gasteiger partial charge in [0.05, 0.1) is 12.6 Å². The number of ether oxygens (including phenoxy) is 1. The van der Waals surface area contributed by atoms with Crippen LogP contribution < -0.4 is 9.88 Å². The van der Waals surface area contributed by atoms with Gasteiger partial charge < -0.3 is 19.8 Å². The third-order valence-corrected chi connectivity index (χ3v) is 6.30. The maximum atomic E-state index is 15.2. The Morgan fingerprint density at radius 3 is 2.51 bits per heavy atom. The highest BCUT2D eigenvalue weighted by molar-refractivity contribution is 7.39. The highest BCUT2D eigenvalue weighted by Crippen LogP contribution is 2.25. The average Bonchev–Trinajstić information content (AvgIpc) is 3.29. The van der Waals surface area contributed by atoms with E-state index in [4.69, 9.17) is 19.0 Å². The van der Waals surface area contributed by atoms with Gasteiger partial charge >= 0.3 is 8.60 Å². The number of allylic oxidation sites excluding steroid dienone is 4. The second kappa shape index (κ2) is 16.9. The first-order valence-corrected chi connectivity index (χ1v) is 14.6. The molecule has 1 atom stereocenters. The van der Waals surface area contributed by atoms with Crippen molar-refractivity contribution in [2.75, 3.05) is 6.61 Å². The smallest absolute Gasteiger partial charge is 0.330 e. The van der Waals surface area contributed by atoms with E-state index in [1.807, 2.05) is 20.8 Å². The molecular weight excluding hydrogens is 558 g/mol. The SMILES string of the molecule is CC.CCO/C(=C\c1ccc(-[n+]2cc(CC)n(COP(O)O)c2)c(F)c1)C(=O)NC(CC)C1=CCC=C(F)C(F)=C1. The van der Waals surface area contributed by atoms with E-state index in [-0.39, 0.29) is 31.2 Å². The lowest BCUT2D eigenvalue weighted by Gasteiger charge is -2.19. The van der Waals surface area contributed by atoms with Gasteiger partial charge in [0.25, 0.3) is 12.2 Å². The van der Waals surface area contributed by atoms with Gasteiger partial charge in [-0.2, -0.15) is 4.57 Å². The van der Waals surface area contributed by atoms with Crippen LogP contribution in [-0.4, -0.2) is 32.9 Å². The Bertz CT molecular complexity index is 1300. The Morgan fingerprint density at radius 2 is 1.90 bits per heavy atom. The number of carbonyl (C=O) groups is 1. The molecule has 3 rings (SSSR count). The number of carbonyl (C=O) groups excluding carboxylic acids is 1. The summed E-state index contributed by atoms with van der Waals surface area (Å²) in [6, 6.07) is 3.83. The fraction of sp³-hybridized carbons (Fsp3) is 0.379. The maximum Gasteiger partial charge on any atom is 0.330 e. The quantitative estimate of drug-likeness (QED) is 0.121. The normalized spacial score (nSPS) is 14.3. The summed E-state index contributed by atoms with van der Waals surface area (Å²) in [5, 5.41) is 2.79. The molecule has 224 valence electrons. The van der Waals surface area contributed by atoms with Crippen molar-refractivity contribution in [1.29, 1.82) is 0 Å². The van der Waals surface area contributed by atoms with Gasteiger partial charge in [-0.25, -0.2) is 17.7 Å². The molecule has 1 aliphatic rings. The zero-order valence-electron chi connectivity index (χ0n) is 23.9. The van der Waals surface area contributed by atoms with Gasteiger partial charge in [-0.15, -0.1) is 0 Å². The molecule has 1 aromatic heterocycles. The fourth-order valence-electron chi connectivity index (χ4n) is 4.01. The molecule has 0 bridgehead atoms. The molecule has 12 heteroatoms. The minimum atomic E-state index is -2.53. The number of amides is 1. The van der Waals surface area contributed by atoms with Crippen LogP contribution in [0.15, 0.2) is 71.9 Å². The van der Waals surface area contributed by atoms with E-state index in [1.165, 1.54) is 12.1 Å². The molecule has 41 heavy (non-hydrogen) atoms. The molecule has 1 aromatic carbocycles. The van der Waals surface area contributed by atoms with Crippen LogP contribution in [0.25, 0.3) is 11.8 Å². The van der Waals surface area contributed by atoms with Crippen molar-refractivity contribution in [2.24, 2.45) is 0 Å². The van der Waals surface area contributed by atoms with E-state index in [1.54, 1.807) is 53.7 Å². The number of benzene rings is 1. The summed E-state index contributed by atoms with van der Waals surface area (Å²) in [7, 11) is -2.53. The summed E-state index contributed by atoms with van der Waals surface area (Å²) in [6.07, 6.45) is 9.75. The van der Waals surface area contributed by atoms with E-state index in [2.05, 4.69) is 5.32 Å². The summed E-state index contributed by atoms with van der Waals surface area (Å²) in [5.74, 6) is -3.14.